The molecule has 0 aliphatic carbocycles. The van der Waals surface area contributed by atoms with Crippen LogP contribution in [0.25, 0.3) is 35.4 Å². The van der Waals surface area contributed by atoms with E-state index in [2.05, 4.69) is 0 Å². The monoisotopic (exact) mass is 518 g/mol. The summed E-state index contributed by atoms with van der Waals surface area (Å²) in [5.74, 6) is 0. The molecular weight excluding hydrogens is 496 g/mol. The summed E-state index contributed by atoms with van der Waals surface area (Å²) in [6.45, 7) is 0. The second-order valence-electron chi connectivity index (χ2n) is 7.94. The van der Waals surface area contributed by atoms with Crippen LogP contribution in [0.15, 0.2) is 107 Å². The average Bonchev–Trinajstić information content (AvgIpc) is 2.86. The van der Waals surface area contributed by atoms with Crippen molar-refractivity contribution in [3.63, 3.8) is 0 Å². The first-order valence-electron chi connectivity index (χ1n) is 10.8. The van der Waals surface area contributed by atoms with E-state index in [1.54, 1.807) is 36.4 Å². The van der Waals surface area contributed by atoms with E-state index in [1.165, 1.54) is 24.3 Å². The molecule has 36 heavy (non-hydrogen) atoms. The van der Waals surface area contributed by atoms with E-state index in [9.17, 15) is 25.9 Å². The van der Waals surface area contributed by atoms with Gasteiger partial charge in [0.1, 0.15) is 9.79 Å². The van der Waals surface area contributed by atoms with E-state index < -0.39 is 20.2 Å². The molecule has 182 valence electrons. The van der Waals surface area contributed by atoms with E-state index in [1.807, 2.05) is 60.7 Å². The van der Waals surface area contributed by atoms with Gasteiger partial charge < -0.3 is 0 Å². The van der Waals surface area contributed by atoms with Crippen molar-refractivity contribution in [3.05, 3.63) is 119 Å². The van der Waals surface area contributed by atoms with Gasteiger partial charge in [-0.25, -0.2) is 0 Å². The van der Waals surface area contributed by atoms with Crippen molar-refractivity contribution >= 4 is 44.5 Å². The molecule has 0 spiro atoms. The van der Waals surface area contributed by atoms with Gasteiger partial charge in [0.25, 0.3) is 20.2 Å². The zero-order valence-electron chi connectivity index (χ0n) is 18.9. The van der Waals surface area contributed by atoms with E-state index in [-0.39, 0.29) is 20.9 Å². The summed E-state index contributed by atoms with van der Waals surface area (Å²) in [7, 11) is -9.17. The summed E-state index contributed by atoms with van der Waals surface area (Å²) < 4.78 is 68.2. The fourth-order valence-corrected chi connectivity index (χ4v) is 5.07. The summed E-state index contributed by atoms with van der Waals surface area (Å²) >= 11 is 0. The van der Waals surface area contributed by atoms with Crippen LogP contribution in [-0.4, -0.2) is 25.9 Å². The Labute approximate surface area is 210 Å². The van der Waals surface area contributed by atoms with Crippen LogP contribution in [-0.2, 0) is 20.2 Å². The molecule has 0 radical (unpaired) electrons. The second kappa shape index (κ2) is 10.4. The first-order chi connectivity index (χ1) is 17.1. The highest BCUT2D eigenvalue weighted by Crippen LogP contribution is 2.30. The van der Waals surface area contributed by atoms with E-state index >= 15 is 0 Å². The topological polar surface area (TPSA) is 109 Å². The first-order valence-corrected chi connectivity index (χ1v) is 13.7. The van der Waals surface area contributed by atoms with E-state index in [4.69, 9.17) is 0 Å². The van der Waals surface area contributed by atoms with Gasteiger partial charge in [-0.05, 0) is 45.5 Å². The molecule has 0 bridgehead atoms. The molecule has 0 aliphatic heterocycles. The van der Waals surface area contributed by atoms with Crippen molar-refractivity contribution in [1.29, 1.82) is 0 Å². The van der Waals surface area contributed by atoms with Crippen molar-refractivity contribution in [1.82, 2.24) is 0 Å². The predicted octanol–water partition coefficient (Wildman–Crippen LogP) is 6.19. The van der Waals surface area contributed by atoms with Crippen LogP contribution in [0.3, 0.4) is 0 Å². The Morgan fingerprint density at radius 2 is 0.833 bits per heavy atom. The quantitative estimate of drug-likeness (QED) is 0.223. The average molecular weight is 519 g/mol. The van der Waals surface area contributed by atoms with Crippen molar-refractivity contribution < 1.29 is 25.9 Å². The third kappa shape index (κ3) is 6.24. The minimum Gasteiger partial charge on any atom is -0.282 e. The highest BCUT2D eigenvalue weighted by Gasteiger charge is 2.18. The Kier molecular flexibility index (Phi) is 7.32. The Balaban J connectivity index is 1.76. The largest absolute Gasteiger partial charge is 0.295 e. The molecule has 0 aliphatic rings. The minimum absolute atomic E-state index is 0.266. The molecular formula is C28H22O6S2. The Hall–Kier alpha value is -3.82. The highest BCUT2D eigenvalue weighted by molar-refractivity contribution is 7.86. The van der Waals surface area contributed by atoms with Gasteiger partial charge in [-0.3, -0.25) is 9.11 Å². The molecule has 4 aromatic carbocycles. The number of rotatable bonds is 7. The van der Waals surface area contributed by atoms with Gasteiger partial charge in [0.15, 0.2) is 0 Å². The van der Waals surface area contributed by atoms with Gasteiger partial charge in [0.2, 0.25) is 0 Å². The fourth-order valence-electron chi connectivity index (χ4n) is 3.65. The third-order valence-electron chi connectivity index (χ3n) is 5.43. The van der Waals surface area contributed by atoms with Crippen LogP contribution in [0.2, 0.25) is 0 Å². The highest BCUT2D eigenvalue weighted by atomic mass is 32.2. The Morgan fingerprint density at radius 1 is 0.472 bits per heavy atom. The molecule has 0 amide bonds. The maximum absolute atomic E-state index is 12.1. The summed E-state index contributed by atoms with van der Waals surface area (Å²) in [6.07, 6.45) is 6.58. The number of hydrogen-bond acceptors (Lipinski definition) is 4. The van der Waals surface area contributed by atoms with Gasteiger partial charge >= 0.3 is 0 Å². The van der Waals surface area contributed by atoms with Crippen LogP contribution >= 0.6 is 0 Å². The molecule has 0 saturated heterocycles. The van der Waals surface area contributed by atoms with Gasteiger partial charge in [0, 0.05) is 0 Å². The fraction of sp³-hybridized carbons (Fsp3) is 0. The van der Waals surface area contributed by atoms with Crippen molar-refractivity contribution in [2.24, 2.45) is 0 Å². The van der Waals surface area contributed by atoms with Gasteiger partial charge in [-0.2, -0.15) is 16.8 Å². The number of benzene rings is 4. The van der Waals surface area contributed by atoms with Crippen molar-refractivity contribution in [2.75, 3.05) is 0 Å². The Morgan fingerprint density at radius 3 is 1.17 bits per heavy atom. The lowest BCUT2D eigenvalue weighted by atomic mass is 10.0. The molecule has 0 atom stereocenters. The lowest BCUT2D eigenvalue weighted by Crippen LogP contribution is -2.03. The molecule has 0 aromatic heterocycles. The van der Waals surface area contributed by atoms with Crippen LogP contribution in [0.5, 0.6) is 0 Å². The zero-order valence-corrected chi connectivity index (χ0v) is 20.5. The molecule has 6 nitrogen and oxygen atoms in total. The molecule has 8 heteroatoms. The second-order valence-corrected chi connectivity index (χ2v) is 10.7. The van der Waals surface area contributed by atoms with Gasteiger partial charge in [-0.15, -0.1) is 0 Å². The standard InChI is InChI=1S/C28H22O6S2/c29-35(30,31)27-19-25(17-15-23(27)13-11-21-7-3-1-4-8-21)26-18-16-24(28(20-26)36(32,33)34)14-12-22-9-5-2-6-10-22/h1-20H,(H,29,30,31)(H,32,33,34). The van der Waals surface area contributed by atoms with Crippen LogP contribution in [0.1, 0.15) is 22.3 Å². The summed E-state index contributed by atoms with van der Waals surface area (Å²) in [5.41, 5.74) is 2.93. The zero-order chi connectivity index (χ0) is 25.8. The molecule has 0 fully saturated rings. The lowest BCUT2D eigenvalue weighted by molar-refractivity contribution is 0.480. The molecule has 4 rings (SSSR count). The molecule has 0 saturated carbocycles. The summed E-state index contributed by atoms with van der Waals surface area (Å²) in [5, 5.41) is 0. The maximum Gasteiger partial charge on any atom is 0.295 e. The first kappa shape index (κ1) is 25.3. The van der Waals surface area contributed by atoms with Gasteiger partial charge in [0.05, 0.1) is 0 Å². The van der Waals surface area contributed by atoms with Crippen LogP contribution in [0.4, 0.5) is 0 Å². The molecule has 2 N–H and O–H groups in total. The number of hydrogen-bond donors (Lipinski definition) is 2. The molecule has 4 aromatic rings. The molecule has 0 heterocycles. The smallest absolute Gasteiger partial charge is 0.282 e. The minimum atomic E-state index is -4.58. The van der Waals surface area contributed by atoms with E-state index in [0.717, 1.165) is 11.1 Å². The van der Waals surface area contributed by atoms with Crippen molar-refractivity contribution in [3.8, 4) is 11.1 Å². The summed E-state index contributed by atoms with van der Waals surface area (Å²) in [6, 6.07) is 27.3. The van der Waals surface area contributed by atoms with Gasteiger partial charge in [-0.1, -0.05) is 109 Å². The summed E-state index contributed by atoms with van der Waals surface area (Å²) in [4.78, 5) is -0.651. The van der Waals surface area contributed by atoms with Crippen LogP contribution < -0.4 is 0 Å². The van der Waals surface area contributed by atoms with Crippen molar-refractivity contribution in [2.45, 2.75) is 9.79 Å². The predicted molar refractivity (Wildman–Crippen MR) is 142 cm³/mol. The SMILES string of the molecule is O=S(=O)(O)c1cc(-c2ccc(C=Cc3ccccc3)c(S(=O)(=O)O)c2)ccc1C=Cc1ccccc1. The van der Waals surface area contributed by atoms with Crippen LogP contribution in [0, 0.1) is 0 Å². The molecule has 0 unspecified atom stereocenters. The normalized spacial score (nSPS) is 12.4. The lowest BCUT2D eigenvalue weighted by Gasteiger charge is -2.10. The maximum atomic E-state index is 12.1. The van der Waals surface area contributed by atoms with E-state index in [0.29, 0.717) is 11.1 Å². The Bertz CT molecular complexity index is 1530. The third-order valence-corrected chi connectivity index (χ3v) is 7.24.